The predicted molar refractivity (Wildman–Crippen MR) is 78.1 cm³/mol. The first-order valence-electron chi connectivity index (χ1n) is 6.08. The lowest BCUT2D eigenvalue weighted by Gasteiger charge is -2.34. The van der Waals surface area contributed by atoms with E-state index >= 15 is 0 Å². The van der Waals surface area contributed by atoms with Crippen LogP contribution >= 0.6 is 31.9 Å². The molecule has 1 unspecified atom stereocenters. The van der Waals surface area contributed by atoms with Gasteiger partial charge in [-0.05, 0) is 63.2 Å². The molecule has 0 aromatic carbocycles. The van der Waals surface area contributed by atoms with E-state index in [0.29, 0.717) is 5.92 Å². The van der Waals surface area contributed by atoms with Crippen molar-refractivity contribution in [3.63, 3.8) is 0 Å². The molecule has 2 nitrogen and oxygen atoms in total. The highest BCUT2D eigenvalue weighted by atomic mass is 79.9. The van der Waals surface area contributed by atoms with Crippen LogP contribution in [0.2, 0.25) is 0 Å². The van der Waals surface area contributed by atoms with Gasteiger partial charge in [0.1, 0.15) is 0 Å². The lowest BCUT2D eigenvalue weighted by Crippen LogP contribution is -2.47. The minimum absolute atomic E-state index is 0.226. The molecule has 1 saturated heterocycles. The van der Waals surface area contributed by atoms with E-state index in [9.17, 15) is 0 Å². The molecule has 2 heterocycles. The van der Waals surface area contributed by atoms with Gasteiger partial charge >= 0.3 is 0 Å². The van der Waals surface area contributed by atoms with E-state index in [2.05, 4.69) is 62.1 Å². The SMILES string of the molecule is CC(C)C1(Cc2ncc(Br)cc2Br)CCCN1. The zero-order valence-electron chi connectivity index (χ0n) is 10.3. The van der Waals surface area contributed by atoms with Gasteiger partial charge in [-0.15, -0.1) is 0 Å². The highest BCUT2D eigenvalue weighted by molar-refractivity contribution is 9.11. The highest BCUT2D eigenvalue weighted by Gasteiger charge is 2.37. The van der Waals surface area contributed by atoms with Crippen LogP contribution in [-0.2, 0) is 6.42 Å². The molecule has 4 heteroatoms. The van der Waals surface area contributed by atoms with Crippen LogP contribution in [0.25, 0.3) is 0 Å². The highest BCUT2D eigenvalue weighted by Crippen LogP contribution is 2.33. The van der Waals surface area contributed by atoms with Crippen LogP contribution in [0.15, 0.2) is 21.2 Å². The van der Waals surface area contributed by atoms with Gasteiger partial charge in [-0.3, -0.25) is 4.98 Å². The summed E-state index contributed by atoms with van der Waals surface area (Å²) in [5.74, 6) is 0.627. The summed E-state index contributed by atoms with van der Waals surface area (Å²) in [7, 11) is 0. The first-order chi connectivity index (χ1) is 8.03. The molecule has 17 heavy (non-hydrogen) atoms. The van der Waals surface area contributed by atoms with Crippen molar-refractivity contribution >= 4 is 31.9 Å². The zero-order chi connectivity index (χ0) is 12.5. The fourth-order valence-corrected chi connectivity index (χ4v) is 3.68. The van der Waals surface area contributed by atoms with Crippen LogP contribution in [0, 0.1) is 5.92 Å². The molecule has 1 aliphatic rings. The molecule has 1 aromatic heterocycles. The predicted octanol–water partition coefficient (Wildman–Crippen LogP) is 3.93. The maximum absolute atomic E-state index is 4.53. The first-order valence-corrected chi connectivity index (χ1v) is 7.67. The second-order valence-corrected chi connectivity index (χ2v) is 6.87. The minimum atomic E-state index is 0.226. The third-order valence-corrected chi connectivity index (χ3v) is 4.87. The second-order valence-electron chi connectivity index (χ2n) is 5.10. The van der Waals surface area contributed by atoms with E-state index in [1.54, 1.807) is 0 Å². The molecule has 1 fully saturated rings. The normalized spacial score (nSPS) is 24.5. The van der Waals surface area contributed by atoms with Crippen molar-refractivity contribution < 1.29 is 0 Å². The smallest absolute Gasteiger partial charge is 0.0564 e. The summed E-state index contributed by atoms with van der Waals surface area (Å²) >= 11 is 7.05. The molecule has 2 rings (SSSR count). The fraction of sp³-hybridized carbons (Fsp3) is 0.615. The molecule has 0 amide bonds. The third-order valence-electron chi connectivity index (χ3n) is 3.75. The van der Waals surface area contributed by atoms with Gasteiger partial charge in [0.15, 0.2) is 0 Å². The summed E-state index contributed by atoms with van der Waals surface area (Å²) in [5.41, 5.74) is 1.37. The Morgan fingerprint density at radius 1 is 1.47 bits per heavy atom. The molecule has 1 atom stereocenters. The zero-order valence-corrected chi connectivity index (χ0v) is 13.4. The largest absolute Gasteiger partial charge is 0.311 e. The van der Waals surface area contributed by atoms with Gasteiger partial charge in [0.2, 0.25) is 0 Å². The van der Waals surface area contributed by atoms with E-state index in [1.165, 1.54) is 12.8 Å². The maximum Gasteiger partial charge on any atom is 0.0564 e. The third kappa shape index (κ3) is 2.91. The van der Waals surface area contributed by atoms with Crippen LogP contribution in [0.3, 0.4) is 0 Å². The second kappa shape index (κ2) is 5.37. The Morgan fingerprint density at radius 2 is 2.24 bits per heavy atom. The summed E-state index contributed by atoms with van der Waals surface area (Å²) in [6.45, 7) is 5.72. The number of hydrogen-bond donors (Lipinski definition) is 1. The maximum atomic E-state index is 4.53. The van der Waals surface area contributed by atoms with Crippen molar-refractivity contribution in [1.29, 1.82) is 0 Å². The Kier molecular flexibility index (Phi) is 4.26. The molecule has 1 N–H and O–H groups in total. The minimum Gasteiger partial charge on any atom is -0.311 e. The van der Waals surface area contributed by atoms with E-state index in [1.807, 2.05) is 6.20 Å². The van der Waals surface area contributed by atoms with E-state index in [-0.39, 0.29) is 5.54 Å². The fourth-order valence-electron chi connectivity index (χ4n) is 2.55. The van der Waals surface area contributed by atoms with Crippen LogP contribution < -0.4 is 5.32 Å². The molecule has 0 saturated carbocycles. The average molecular weight is 362 g/mol. The number of hydrogen-bond acceptors (Lipinski definition) is 2. The molecule has 0 aliphatic carbocycles. The average Bonchev–Trinajstić information content (AvgIpc) is 2.72. The van der Waals surface area contributed by atoms with Crippen LogP contribution in [0.1, 0.15) is 32.4 Å². The van der Waals surface area contributed by atoms with Gasteiger partial charge in [0, 0.05) is 27.1 Å². The molecular formula is C13H18Br2N2. The lowest BCUT2D eigenvalue weighted by molar-refractivity contribution is 0.267. The van der Waals surface area contributed by atoms with Gasteiger partial charge in [0.05, 0.1) is 5.69 Å². The summed E-state index contributed by atoms with van der Waals surface area (Å²) in [5, 5.41) is 3.69. The van der Waals surface area contributed by atoms with E-state index in [4.69, 9.17) is 0 Å². The number of aromatic nitrogens is 1. The van der Waals surface area contributed by atoms with Crippen LogP contribution in [-0.4, -0.2) is 17.1 Å². The quantitative estimate of drug-likeness (QED) is 0.882. The van der Waals surface area contributed by atoms with Crippen molar-refractivity contribution in [3.05, 3.63) is 26.9 Å². The molecule has 0 radical (unpaired) electrons. The number of pyridine rings is 1. The van der Waals surface area contributed by atoms with E-state index < -0.39 is 0 Å². The summed E-state index contributed by atoms with van der Waals surface area (Å²) in [4.78, 5) is 4.53. The van der Waals surface area contributed by atoms with Crippen molar-refractivity contribution in [2.75, 3.05) is 6.54 Å². The van der Waals surface area contributed by atoms with Crippen molar-refractivity contribution in [1.82, 2.24) is 10.3 Å². The standard InChI is InChI=1S/C13H18Br2N2/c1-9(2)13(4-3-5-17-13)7-12-11(15)6-10(14)8-16-12/h6,8-9,17H,3-5,7H2,1-2H3. The number of halogens is 2. The number of nitrogens with zero attached hydrogens (tertiary/aromatic N) is 1. The first kappa shape index (κ1) is 13.5. The monoisotopic (exact) mass is 360 g/mol. The summed E-state index contributed by atoms with van der Waals surface area (Å²) in [6.07, 6.45) is 5.39. The molecule has 0 spiro atoms. The number of rotatable bonds is 3. The molecule has 94 valence electrons. The van der Waals surface area contributed by atoms with Gasteiger partial charge in [-0.1, -0.05) is 13.8 Å². The molecule has 1 aromatic rings. The topological polar surface area (TPSA) is 24.9 Å². The van der Waals surface area contributed by atoms with Crippen molar-refractivity contribution in [3.8, 4) is 0 Å². The Bertz CT molecular complexity index is 398. The Labute approximate surface area is 120 Å². The summed E-state index contributed by atoms with van der Waals surface area (Å²) < 4.78 is 2.12. The molecule has 1 aliphatic heterocycles. The molecule has 0 bridgehead atoms. The van der Waals surface area contributed by atoms with Gasteiger partial charge in [-0.2, -0.15) is 0 Å². The summed E-state index contributed by atoms with van der Waals surface area (Å²) in [6, 6.07) is 2.07. The Hall–Kier alpha value is 0.0700. The van der Waals surface area contributed by atoms with E-state index in [0.717, 1.165) is 27.6 Å². The Balaban J connectivity index is 2.23. The van der Waals surface area contributed by atoms with Gasteiger partial charge in [-0.25, -0.2) is 0 Å². The van der Waals surface area contributed by atoms with Gasteiger partial charge in [0.25, 0.3) is 0 Å². The Morgan fingerprint density at radius 3 is 2.76 bits per heavy atom. The molecular weight excluding hydrogens is 344 g/mol. The van der Waals surface area contributed by atoms with Gasteiger partial charge < -0.3 is 5.32 Å². The van der Waals surface area contributed by atoms with Crippen molar-refractivity contribution in [2.45, 2.75) is 38.6 Å². The van der Waals surface area contributed by atoms with Crippen LogP contribution in [0.5, 0.6) is 0 Å². The van der Waals surface area contributed by atoms with Crippen LogP contribution in [0.4, 0.5) is 0 Å². The van der Waals surface area contributed by atoms with Crippen molar-refractivity contribution in [2.24, 2.45) is 5.92 Å². The lowest BCUT2D eigenvalue weighted by atomic mass is 9.81. The number of nitrogens with one attached hydrogen (secondary N) is 1.